The maximum atomic E-state index is 10.8. The van der Waals surface area contributed by atoms with Gasteiger partial charge in [0, 0.05) is 0 Å². The normalized spacial score (nSPS) is 10.7. The van der Waals surface area contributed by atoms with Crippen LogP contribution in [0.3, 0.4) is 0 Å². The van der Waals surface area contributed by atoms with Crippen LogP contribution in [-0.2, 0) is 14.3 Å². The fourth-order valence-electron chi connectivity index (χ4n) is 0.517. The molecule has 0 aliphatic carbocycles. The molecule has 0 aliphatic heterocycles. The highest BCUT2D eigenvalue weighted by atomic mass is 16.6. The number of nitrogens with zero attached hydrogens (tertiary/aromatic N) is 1. The van der Waals surface area contributed by atoms with E-state index < -0.39 is 22.4 Å². The highest BCUT2D eigenvalue weighted by molar-refractivity contribution is 6.39. The standard InChI is InChI=1S/C6H7NO5/c1-3-4(7(10)11)5(8)6(9)12-2/h3H,1-2H3/b4-3+. The second-order valence-corrected chi connectivity index (χ2v) is 1.75. The zero-order chi connectivity index (χ0) is 9.72. The lowest BCUT2D eigenvalue weighted by Gasteiger charge is -1.94. The lowest BCUT2D eigenvalue weighted by molar-refractivity contribution is -0.418. The van der Waals surface area contributed by atoms with E-state index in [4.69, 9.17) is 0 Å². The van der Waals surface area contributed by atoms with Gasteiger partial charge in [-0.25, -0.2) is 4.79 Å². The van der Waals surface area contributed by atoms with Gasteiger partial charge in [-0.3, -0.25) is 14.9 Å². The number of rotatable bonds is 3. The predicted molar refractivity (Wildman–Crippen MR) is 37.8 cm³/mol. The third-order valence-electron chi connectivity index (χ3n) is 1.07. The number of nitro groups is 1. The summed E-state index contributed by atoms with van der Waals surface area (Å²) < 4.78 is 4.01. The van der Waals surface area contributed by atoms with Gasteiger partial charge in [-0.05, 0) is 13.0 Å². The Morgan fingerprint density at radius 1 is 1.50 bits per heavy atom. The smallest absolute Gasteiger partial charge is 0.386 e. The molecule has 0 rings (SSSR count). The van der Waals surface area contributed by atoms with Crippen molar-refractivity contribution in [3.8, 4) is 0 Å². The van der Waals surface area contributed by atoms with Crippen molar-refractivity contribution in [1.82, 2.24) is 0 Å². The Labute approximate surface area is 68.0 Å². The van der Waals surface area contributed by atoms with Crippen LogP contribution in [0.25, 0.3) is 0 Å². The van der Waals surface area contributed by atoms with Gasteiger partial charge in [-0.1, -0.05) is 0 Å². The van der Waals surface area contributed by atoms with Crippen molar-refractivity contribution in [2.45, 2.75) is 6.92 Å². The van der Waals surface area contributed by atoms with Crippen LogP contribution in [0, 0.1) is 10.1 Å². The molecule has 6 nitrogen and oxygen atoms in total. The molecule has 0 aromatic carbocycles. The number of ketones is 1. The van der Waals surface area contributed by atoms with Gasteiger partial charge in [0.15, 0.2) is 0 Å². The SMILES string of the molecule is C/C=C(\C(=O)C(=O)OC)[N+](=O)[O-]. The summed E-state index contributed by atoms with van der Waals surface area (Å²) in [4.78, 5) is 30.4. The van der Waals surface area contributed by atoms with Gasteiger partial charge < -0.3 is 4.74 Å². The number of allylic oxidation sites excluding steroid dienone is 1. The summed E-state index contributed by atoms with van der Waals surface area (Å²) in [5.41, 5.74) is -0.776. The molecule has 0 heterocycles. The van der Waals surface area contributed by atoms with E-state index in [9.17, 15) is 19.7 Å². The first-order valence-corrected chi connectivity index (χ1v) is 2.98. The molecule has 0 aromatic rings. The third-order valence-corrected chi connectivity index (χ3v) is 1.07. The van der Waals surface area contributed by atoms with E-state index in [1.54, 1.807) is 0 Å². The Kier molecular flexibility index (Phi) is 3.61. The number of Topliss-reactive ketones (excluding diaryl/α,β-unsaturated/α-hetero) is 1. The maximum absolute atomic E-state index is 10.8. The maximum Gasteiger partial charge on any atom is 0.386 e. The molecule has 0 aromatic heterocycles. The van der Waals surface area contributed by atoms with Crippen LogP contribution in [0.2, 0.25) is 0 Å². The number of hydrogen-bond acceptors (Lipinski definition) is 5. The second kappa shape index (κ2) is 4.22. The molecule has 0 amide bonds. The van der Waals surface area contributed by atoms with Crippen molar-refractivity contribution in [2.24, 2.45) is 0 Å². The number of carbonyl (C=O) groups excluding carboxylic acids is 2. The molecule has 0 unspecified atom stereocenters. The third kappa shape index (κ3) is 2.15. The van der Waals surface area contributed by atoms with Crippen molar-refractivity contribution < 1.29 is 19.2 Å². The zero-order valence-electron chi connectivity index (χ0n) is 6.57. The quantitative estimate of drug-likeness (QED) is 0.196. The molecule has 0 N–H and O–H groups in total. The fraction of sp³-hybridized carbons (Fsp3) is 0.333. The monoisotopic (exact) mass is 173 g/mol. The average Bonchev–Trinajstić information content (AvgIpc) is 2.03. The van der Waals surface area contributed by atoms with Crippen molar-refractivity contribution in [3.63, 3.8) is 0 Å². The molecule has 0 aliphatic rings. The first kappa shape index (κ1) is 10.3. The van der Waals surface area contributed by atoms with E-state index in [2.05, 4.69) is 4.74 Å². The van der Waals surface area contributed by atoms with Gasteiger partial charge in [-0.15, -0.1) is 0 Å². The highest BCUT2D eigenvalue weighted by Gasteiger charge is 2.28. The molecule has 0 fully saturated rings. The lowest BCUT2D eigenvalue weighted by Crippen LogP contribution is -2.21. The molecule has 66 valence electrons. The highest BCUT2D eigenvalue weighted by Crippen LogP contribution is 1.98. The predicted octanol–water partition coefficient (Wildman–Crippen LogP) is -0.0910. The first-order chi connectivity index (χ1) is 5.54. The van der Waals surface area contributed by atoms with Crippen molar-refractivity contribution in [1.29, 1.82) is 0 Å². The van der Waals surface area contributed by atoms with Gasteiger partial charge >= 0.3 is 17.4 Å². The van der Waals surface area contributed by atoms with E-state index in [-0.39, 0.29) is 0 Å². The Morgan fingerprint density at radius 2 is 2.00 bits per heavy atom. The number of ether oxygens (including phenoxy) is 1. The molecule has 0 radical (unpaired) electrons. The van der Waals surface area contributed by atoms with Crippen molar-refractivity contribution in [2.75, 3.05) is 7.11 Å². The molecule has 0 spiro atoms. The zero-order valence-corrected chi connectivity index (χ0v) is 6.57. The summed E-state index contributed by atoms with van der Waals surface area (Å²) in [6, 6.07) is 0. The Hall–Kier alpha value is -1.72. The average molecular weight is 173 g/mol. The minimum absolute atomic E-state index is 0.776. The van der Waals surface area contributed by atoms with E-state index >= 15 is 0 Å². The van der Waals surface area contributed by atoms with E-state index in [1.165, 1.54) is 6.92 Å². The molecular formula is C6H7NO5. The van der Waals surface area contributed by atoms with Crippen LogP contribution in [0.5, 0.6) is 0 Å². The number of carbonyl (C=O) groups is 2. The number of esters is 1. The van der Waals surface area contributed by atoms with Crippen molar-refractivity contribution in [3.05, 3.63) is 21.9 Å². The molecule has 0 atom stereocenters. The molecule has 6 heteroatoms. The molecule has 0 saturated heterocycles. The summed E-state index contributed by atoms with van der Waals surface area (Å²) >= 11 is 0. The minimum Gasteiger partial charge on any atom is -0.463 e. The molecular weight excluding hydrogens is 166 g/mol. The number of methoxy groups -OCH3 is 1. The molecule has 12 heavy (non-hydrogen) atoms. The summed E-state index contributed by atoms with van der Waals surface area (Å²) in [6.07, 6.45) is 0.944. The van der Waals surface area contributed by atoms with Gasteiger partial charge in [-0.2, -0.15) is 0 Å². The number of hydrogen-bond donors (Lipinski definition) is 0. The van der Waals surface area contributed by atoms with Crippen LogP contribution >= 0.6 is 0 Å². The van der Waals surface area contributed by atoms with E-state index in [0.717, 1.165) is 13.2 Å². The van der Waals surface area contributed by atoms with Crippen LogP contribution in [0.4, 0.5) is 0 Å². The Morgan fingerprint density at radius 3 is 2.25 bits per heavy atom. The lowest BCUT2D eigenvalue weighted by atomic mass is 10.3. The van der Waals surface area contributed by atoms with Gasteiger partial charge in [0.05, 0.1) is 12.0 Å². The second-order valence-electron chi connectivity index (χ2n) is 1.75. The van der Waals surface area contributed by atoms with Gasteiger partial charge in [0.1, 0.15) is 0 Å². The van der Waals surface area contributed by atoms with Crippen LogP contribution < -0.4 is 0 Å². The summed E-state index contributed by atoms with van der Waals surface area (Å²) in [7, 11) is 0.980. The van der Waals surface area contributed by atoms with E-state index in [1.807, 2.05) is 0 Å². The minimum atomic E-state index is -1.25. The van der Waals surface area contributed by atoms with E-state index in [0.29, 0.717) is 0 Å². The first-order valence-electron chi connectivity index (χ1n) is 2.98. The Balaban J connectivity index is 4.68. The fourth-order valence-corrected chi connectivity index (χ4v) is 0.517. The van der Waals surface area contributed by atoms with Gasteiger partial charge in [0.2, 0.25) is 0 Å². The summed E-state index contributed by atoms with van der Waals surface area (Å²) in [6.45, 7) is 1.29. The molecule has 0 bridgehead atoms. The summed E-state index contributed by atoms with van der Waals surface area (Å²) in [5.74, 6) is -2.48. The Bertz CT molecular complexity index is 255. The van der Waals surface area contributed by atoms with Crippen LogP contribution in [0.1, 0.15) is 6.92 Å². The van der Waals surface area contributed by atoms with Crippen molar-refractivity contribution >= 4 is 11.8 Å². The topological polar surface area (TPSA) is 86.5 Å². The van der Waals surface area contributed by atoms with Crippen LogP contribution in [-0.4, -0.2) is 23.8 Å². The van der Waals surface area contributed by atoms with Gasteiger partial charge in [0.25, 0.3) is 0 Å². The van der Waals surface area contributed by atoms with Crippen LogP contribution in [0.15, 0.2) is 11.8 Å². The molecule has 0 saturated carbocycles. The largest absolute Gasteiger partial charge is 0.463 e. The summed E-state index contributed by atoms with van der Waals surface area (Å²) in [5, 5.41) is 10.1.